The lowest BCUT2D eigenvalue weighted by molar-refractivity contribution is -0.147. The van der Waals surface area contributed by atoms with Crippen LogP contribution in [0.3, 0.4) is 0 Å². The summed E-state index contributed by atoms with van der Waals surface area (Å²) in [6.07, 6.45) is -1.87. The molecule has 0 saturated carbocycles. The Kier molecular flexibility index (Phi) is 6.72. The fraction of sp³-hybridized carbons (Fsp3) is 0.591. The molecule has 36 heavy (non-hydrogen) atoms. The number of carbonyl (C=O) groups excluding carboxylic acids is 1. The lowest BCUT2D eigenvalue weighted by Crippen LogP contribution is -2.38. The Morgan fingerprint density at radius 2 is 2.06 bits per heavy atom. The van der Waals surface area contributed by atoms with Gasteiger partial charge in [0.1, 0.15) is 10.6 Å². The standard InChI is InChI=1S/C22H27F3N8O2S/c1-2-3-14-10-15-18(31-7-8-33-16(12-31)29-30-20(33)22(23,24)25)27-21(28-19(15)36-14)32-6-4-13(11-32)26-17(35)5-9-34/h10,13,34H,2-9,11-12H2,1H3,(H,26,35). The zero-order valence-corrected chi connectivity index (χ0v) is 20.6. The Balaban J connectivity index is 1.45. The van der Waals surface area contributed by atoms with Gasteiger partial charge in [-0.1, -0.05) is 13.3 Å². The second-order valence-corrected chi connectivity index (χ2v) is 10.1. The molecule has 2 aliphatic rings. The van der Waals surface area contributed by atoms with Gasteiger partial charge in [-0.05, 0) is 18.9 Å². The molecule has 1 amide bonds. The molecule has 0 spiro atoms. The zero-order valence-electron chi connectivity index (χ0n) is 19.8. The first-order valence-corrected chi connectivity index (χ1v) is 12.8. The van der Waals surface area contributed by atoms with Crippen LogP contribution < -0.4 is 15.1 Å². The Morgan fingerprint density at radius 3 is 2.81 bits per heavy atom. The molecule has 5 heterocycles. The second-order valence-electron chi connectivity index (χ2n) is 9.01. The monoisotopic (exact) mass is 524 g/mol. The van der Waals surface area contributed by atoms with Crippen LogP contribution in [0.2, 0.25) is 0 Å². The smallest absolute Gasteiger partial charge is 0.396 e. The van der Waals surface area contributed by atoms with E-state index in [9.17, 15) is 18.0 Å². The van der Waals surface area contributed by atoms with Gasteiger partial charge in [-0.25, -0.2) is 4.98 Å². The minimum atomic E-state index is -4.55. The third kappa shape index (κ3) is 4.83. The first kappa shape index (κ1) is 24.7. The molecule has 5 rings (SSSR count). The summed E-state index contributed by atoms with van der Waals surface area (Å²) >= 11 is 1.60. The van der Waals surface area contributed by atoms with Crippen LogP contribution in [0, 0.1) is 0 Å². The van der Waals surface area contributed by atoms with Crippen molar-refractivity contribution in [2.45, 2.75) is 57.9 Å². The fourth-order valence-corrected chi connectivity index (χ4v) is 5.83. The summed E-state index contributed by atoms with van der Waals surface area (Å²) < 4.78 is 41.0. The number of alkyl halides is 3. The zero-order chi connectivity index (χ0) is 25.4. The molecule has 0 radical (unpaired) electrons. The van der Waals surface area contributed by atoms with Gasteiger partial charge in [0.25, 0.3) is 0 Å². The van der Waals surface area contributed by atoms with Crippen molar-refractivity contribution in [2.24, 2.45) is 0 Å². The number of hydrogen-bond donors (Lipinski definition) is 2. The number of thiophene rings is 1. The summed E-state index contributed by atoms with van der Waals surface area (Å²) in [6, 6.07) is 2.01. The number of nitrogens with one attached hydrogen (secondary N) is 1. The van der Waals surface area contributed by atoms with E-state index in [1.165, 1.54) is 4.88 Å². The number of rotatable bonds is 7. The van der Waals surface area contributed by atoms with Gasteiger partial charge in [0, 0.05) is 43.5 Å². The number of halogens is 3. The number of aromatic nitrogens is 5. The first-order chi connectivity index (χ1) is 17.3. The number of aliphatic hydroxyl groups is 1. The molecule has 0 aliphatic carbocycles. The molecular formula is C22H27F3N8O2S. The summed E-state index contributed by atoms with van der Waals surface area (Å²) in [5.41, 5.74) is 0. The van der Waals surface area contributed by atoms with Crippen LogP contribution >= 0.6 is 11.3 Å². The van der Waals surface area contributed by atoms with Gasteiger partial charge in [0.15, 0.2) is 5.82 Å². The van der Waals surface area contributed by atoms with Crippen molar-refractivity contribution in [3.63, 3.8) is 0 Å². The summed E-state index contributed by atoms with van der Waals surface area (Å²) in [5.74, 6) is 0.282. The van der Waals surface area contributed by atoms with E-state index in [0.717, 1.165) is 34.0 Å². The van der Waals surface area contributed by atoms with Crippen molar-refractivity contribution in [3.05, 3.63) is 22.6 Å². The van der Waals surface area contributed by atoms with Gasteiger partial charge >= 0.3 is 6.18 Å². The van der Waals surface area contributed by atoms with Crippen molar-refractivity contribution in [3.8, 4) is 0 Å². The van der Waals surface area contributed by atoms with Gasteiger partial charge in [0.2, 0.25) is 17.7 Å². The van der Waals surface area contributed by atoms with E-state index in [2.05, 4.69) is 28.5 Å². The minimum absolute atomic E-state index is 0.0636. The molecule has 0 aromatic carbocycles. The molecule has 1 atom stereocenters. The van der Waals surface area contributed by atoms with E-state index < -0.39 is 12.0 Å². The maximum absolute atomic E-state index is 13.3. The number of hydrogen-bond acceptors (Lipinski definition) is 9. The van der Waals surface area contributed by atoms with Gasteiger partial charge in [-0.15, -0.1) is 21.5 Å². The van der Waals surface area contributed by atoms with Crippen LogP contribution in [0.15, 0.2) is 6.07 Å². The van der Waals surface area contributed by atoms with Crippen LogP contribution in [0.25, 0.3) is 10.2 Å². The van der Waals surface area contributed by atoms with Crippen molar-refractivity contribution in [1.82, 2.24) is 30.0 Å². The van der Waals surface area contributed by atoms with E-state index in [1.807, 2.05) is 9.80 Å². The molecule has 14 heteroatoms. The Morgan fingerprint density at radius 1 is 1.22 bits per heavy atom. The van der Waals surface area contributed by atoms with Crippen molar-refractivity contribution in [1.29, 1.82) is 0 Å². The Labute approximate surface area is 209 Å². The highest BCUT2D eigenvalue weighted by atomic mass is 32.1. The molecule has 1 fully saturated rings. The second kappa shape index (κ2) is 9.81. The number of carbonyl (C=O) groups is 1. The van der Waals surface area contributed by atoms with Crippen LogP contribution in [0.1, 0.15) is 42.7 Å². The minimum Gasteiger partial charge on any atom is -0.396 e. The lowest BCUT2D eigenvalue weighted by atomic mass is 10.2. The number of aliphatic hydroxyl groups excluding tert-OH is 1. The maximum atomic E-state index is 13.3. The molecule has 10 nitrogen and oxygen atoms in total. The molecule has 3 aromatic heterocycles. The summed E-state index contributed by atoms with van der Waals surface area (Å²) in [7, 11) is 0. The van der Waals surface area contributed by atoms with Gasteiger partial charge < -0.3 is 24.8 Å². The average Bonchev–Trinajstić information content (AvgIpc) is 3.55. The summed E-state index contributed by atoms with van der Waals surface area (Å²) in [6.45, 7) is 3.70. The third-order valence-electron chi connectivity index (χ3n) is 6.39. The highest BCUT2D eigenvalue weighted by molar-refractivity contribution is 7.18. The quantitative estimate of drug-likeness (QED) is 0.485. The van der Waals surface area contributed by atoms with Crippen molar-refractivity contribution < 1.29 is 23.1 Å². The summed E-state index contributed by atoms with van der Waals surface area (Å²) in [5, 5.41) is 20.0. The number of fused-ring (bicyclic) bond motifs is 2. The largest absolute Gasteiger partial charge is 0.451 e. The van der Waals surface area contributed by atoms with E-state index in [0.29, 0.717) is 31.4 Å². The predicted octanol–water partition coefficient (Wildman–Crippen LogP) is 2.35. The molecule has 0 bridgehead atoms. The molecule has 1 unspecified atom stereocenters. The normalized spacial score (nSPS) is 18.2. The molecule has 194 valence electrons. The number of amides is 1. The lowest BCUT2D eigenvalue weighted by Gasteiger charge is -2.30. The van der Waals surface area contributed by atoms with E-state index >= 15 is 0 Å². The van der Waals surface area contributed by atoms with Crippen molar-refractivity contribution >= 4 is 39.2 Å². The first-order valence-electron chi connectivity index (χ1n) is 12.0. The van der Waals surface area contributed by atoms with Crippen LogP contribution in [0.5, 0.6) is 0 Å². The topological polar surface area (TPSA) is 112 Å². The fourth-order valence-electron chi connectivity index (χ4n) is 4.71. The van der Waals surface area contributed by atoms with E-state index in [1.54, 1.807) is 11.3 Å². The molecule has 2 aliphatic heterocycles. The third-order valence-corrected chi connectivity index (χ3v) is 7.48. The van der Waals surface area contributed by atoms with Gasteiger partial charge in [-0.3, -0.25) is 4.79 Å². The number of anilines is 2. The van der Waals surface area contributed by atoms with Crippen LogP contribution in [-0.2, 0) is 30.5 Å². The van der Waals surface area contributed by atoms with Crippen LogP contribution in [-0.4, -0.2) is 68.0 Å². The molecular weight excluding hydrogens is 497 g/mol. The highest BCUT2D eigenvalue weighted by Gasteiger charge is 2.40. The average molecular weight is 525 g/mol. The van der Waals surface area contributed by atoms with Crippen molar-refractivity contribution in [2.75, 3.05) is 36.0 Å². The Hall–Kier alpha value is -3.00. The van der Waals surface area contributed by atoms with Gasteiger partial charge in [-0.2, -0.15) is 18.2 Å². The molecule has 1 saturated heterocycles. The molecule has 2 N–H and O–H groups in total. The summed E-state index contributed by atoms with van der Waals surface area (Å²) in [4.78, 5) is 27.5. The highest BCUT2D eigenvalue weighted by Crippen LogP contribution is 2.36. The maximum Gasteiger partial charge on any atom is 0.451 e. The predicted molar refractivity (Wildman–Crippen MR) is 128 cm³/mol. The van der Waals surface area contributed by atoms with E-state index in [-0.39, 0.29) is 43.9 Å². The Bertz CT molecular complexity index is 1260. The number of aryl methyl sites for hydroxylation is 1. The SMILES string of the molecule is CCCc1cc2c(N3CCn4c(nnc4C(F)(F)F)C3)nc(N3CCC(NC(=O)CCO)C3)nc2s1. The van der Waals surface area contributed by atoms with Crippen LogP contribution in [0.4, 0.5) is 24.9 Å². The van der Waals surface area contributed by atoms with Gasteiger partial charge in [0.05, 0.1) is 18.5 Å². The number of nitrogens with zero attached hydrogens (tertiary/aromatic N) is 7. The van der Waals surface area contributed by atoms with E-state index in [4.69, 9.17) is 15.1 Å². The molecule has 3 aromatic rings.